The van der Waals surface area contributed by atoms with Crippen LogP contribution >= 0.6 is 0 Å². The van der Waals surface area contributed by atoms with Gasteiger partial charge in [-0.15, -0.1) is 0 Å². The largest absolute Gasteiger partial charge is 0.353 e. The van der Waals surface area contributed by atoms with Gasteiger partial charge in [0.15, 0.2) is 6.29 Å². The molecule has 2 rings (SSSR count). The van der Waals surface area contributed by atoms with Crippen LogP contribution in [0.15, 0.2) is 0 Å². The molecule has 0 aromatic carbocycles. The quantitative estimate of drug-likeness (QED) is 0.743. The fraction of sp³-hybridized carbons (Fsp3) is 0.941. The molecule has 0 aromatic rings. The topological polar surface area (TPSA) is 35.5 Å². The Hall–Kier alpha value is -0.410. The number of hydrogen-bond donors (Lipinski definition) is 0. The lowest BCUT2D eigenvalue weighted by atomic mass is 9.71. The van der Waals surface area contributed by atoms with Crippen molar-refractivity contribution in [3.8, 4) is 0 Å². The predicted octanol–water partition coefficient (Wildman–Crippen LogP) is 3.81. The smallest absolute Gasteiger partial charge is 0.161 e. The van der Waals surface area contributed by atoms with Gasteiger partial charge in [-0.2, -0.15) is 0 Å². The normalized spacial score (nSPS) is 40.3. The van der Waals surface area contributed by atoms with Gasteiger partial charge in [-0.25, -0.2) is 0 Å². The molecule has 2 fully saturated rings. The summed E-state index contributed by atoms with van der Waals surface area (Å²) in [6.07, 6.45) is 4.04. The minimum Gasteiger partial charge on any atom is -0.353 e. The highest BCUT2D eigenvalue weighted by atomic mass is 16.7. The number of carbonyl (C=O) groups excluding carboxylic acids is 1. The number of rotatable bonds is 6. The van der Waals surface area contributed by atoms with Crippen molar-refractivity contribution >= 4 is 5.78 Å². The predicted molar refractivity (Wildman–Crippen MR) is 79.4 cm³/mol. The van der Waals surface area contributed by atoms with Crippen LogP contribution in [-0.4, -0.2) is 24.8 Å². The van der Waals surface area contributed by atoms with Crippen molar-refractivity contribution < 1.29 is 14.3 Å². The van der Waals surface area contributed by atoms with Crippen molar-refractivity contribution in [2.75, 3.05) is 6.61 Å². The van der Waals surface area contributed by atoms with Gasteiger partial charge in [0, 0.05) is 24.4 Å². The first-order valence-electron chi connectivity index (χ1n) is 8.16. The molecule has 1 saturated heterocycles. The Morgan fingerprint density at radius 1 is 1.45 bits per heavy atom. The Kier molecular flexibility index (Phi) is 4.91. The molecule has 5 atom stereocenters. The first kappa shape index (κ1) is 16.0. The zero-order valence-corrected chi connectivity index (χ0v) is 13.6. The first-order chi connectivity index (χ1) is 9.40. The van der Waals surface area contributed by atoms with E-state index in [1.54, 1.807) is 6.92 Å². The summed E-state index contributed by atoms with van der Waals surface area (Å²) in [4.78, 5) is 11.3. The highest BCUT2D eigenvalue weighted by Crippen LogP contribution is 2.59. The van der Waals surface area contributed by atoms with Gasteiger partial charge in [0.1, 0.15) is 5.78 Å². The van der Waals surface area contributed by atoms with Gasteiger partial charge in [-0.1, -0.05) is 20.8 Å². The molecular weight excluding hydrogens is 252 g/mol. The van der Waals surface area contributed by atoms with Crippen molar-refractivity contribution in [3.05, 3.63) is 0 Å². The Balaban J connectivity index is 2.16. The molecule has 0 bridgehead atoms. The van der Waals surface area contributed by atoms with Gasteiger partial charge in [0.05, 0.1) is 6.10 Å². The van der Waals surface area contributed by atoms with Gasteiger partial charge >= 0.3 is 0 Å². The molecule has 3 nitrogen and oxygen atoms in total. The Bertz CT molecular complexity index is 352. The molecule has 116 valence electrons. The van der Waals surface area contributed by atoms with E-state index in [0.29, 0.717) is 30.8 Å². The van der Waals surface area contributed by atoms with Crippen LogP contribution < -0.4 is 0 Å². The second-order valence-corrected chi connectivity index (χ2v) is 7.17. The van der Waals surface area contributed by atoms with Crippen LogP contribution in [-0.2, 0) is 14.3 Å². The number of ether oxygens (including phenoxy) is 2. The molecule has 1 aliphatic carbocycles. The average molecular weight is 282 g/mol. The monoisotopic (exact) mass is 282 g/mol. The van der Waals surface area contributed by atoms with Gasteiger partial charge in [0.2, 0.25) is 0 Å². The second-order valence-electron chi connectivity index (χ2n) is 7.17. The van der Waals surface area contributed by atoms with Crippen LogP contribution in [0.3, 0.4) is 0 Å². The van der Waals surface area contributed by atoms with Crippen molar-refractivity contribution in [2.24, 2.45) is 23.2 Å². The Morgan fingerprint density at radius 2 is 2.15 bits per heavy atom. The summed E-state index contributed by atoms with van der Waals surface area (Å²) in [5.41, 5.74) is 0.185. The van der Waals surface area contributed by atoms with E-state index in [1.807, 2.05) is 6.92 Å². The lowest BCUT2D eigenvalue weighted by Crippen LogP contribution is -2.34. The molecular formula is C17H30O3. The summed E-state index contributed by atoms with van der Waals surface area (Å²) in [6.45, 7) is 11.4. The minimum absolute atomic E-state index is 0.0724. The maximum absolute atomic E-state index is 11.3. The van der Waals surface area contributed by atoms with Crippen LogP contribution in [0, 0.1) is 23.2 Å². The van der Waals surface area contributed by atoms with Crippen LogP contribution in [0.25, 0.3) is 0 Å². The van der Waals surface area contributed by atoms with Gasteiger partial charge < -0.3 is 14.3 Å². The molecule has 20 heavy (non-hydrogen) atoms. The zero-order valence-electron chi connectivity index (χ0n) is 13.6. The van der Waals surface area contributed by atoms with Gasteiger partial charge in [-0.05, 0) is 44.9 Å². The first-order valence-corrected chi connectivity index (χ1v) is 8.16. The van der Waals surface area contributed by atoms with Crippen LogP contribution in [0.4, 0.5) is 0 Å². The molecule has 1 heterocycles. The Morgan fingerprint density at radius 3 is 2.70 bits per heavy atom. The summed E-state index contributed by atoms with van der Waals surface area (Å²) >= 11 is 0. The Labute approximate surface area is 123 Å². The van der Waals surface area contributed by atoms with Crippen molar-refractivity contribution in [1.29, 1.82) is 0 Å². The van der Waals surface area contributed by atoms with Gasteiger partial charge in [-0.3, -0.25) is 0 Å². The third kappa shape index (κ3) is 2.80. The van der Waals surface area contributed by atoms with E-state index in [9.17, 15) is 4.79 Å². The molecule has 0 N–H and O–H groups in total. The van der Waals surface area contributed by atoms with Crippen LogP contribution in [0.1, 0.15) is 60.3 Å². The van der Waals surface area contributed by atoms with Crippen LogP contribution in [0.2, 0.25) is 0 Å². The van der Waals surface area contributed by atoms with Gasteiger partial charge in [0.25, 0.3) is 0 Å². The molecule has 2 aliphatic rings. The lowest BCUT2D eigenvalue weighted by molar-refractivity contribution is -0.157. The summed E-state index contributed by atoms with van der Waals surface area (Å²) in [5.74, 6) is 2.09. The standard InChI is InChI=1S/C17H30O3/c1-6-19-16-15-13(11(2)3)9-10-17(15,5)14(20-16)8-7-12(4)18/h11,13-16H,6-10H2,1-5H3. The van der Waals surface area contributed by atoms with Crippen molar-refractivity contribution in [3.63, 3.8) is 0 Å². The fourth-order valence-electron chi connectivity index (χ4n) is 4.39. The molecule has 0 amide bonds. The lowest BCUT2D eigenvalue weighted by Gasteiger charge is -2.32. The third-order valence-electron chi connectivity index (χ3n) is 5.51. The van der Waals surface area contributed by atoms with E-state index < -0.39 is 0 Å². The third-order valence-corrected chi connectivity index (χ3v) is 5.51. The summed E-state index contributed by atoms with van der Waals surface area (Å²) in [7, 11) is 0. The molecule has 0 radical (unpaired) electrons. The molecule has 1 aliphatic heterocycles. The molecule has 0 spiro atoms. The van der Waals surface area contributed by atoms with E-state index in [0.717, 1.165) is 6.42 Å². The second kappa shape index (κ2) is 6.15. The molecule has 5 unspecified atom stereocenters. The highest BCUT2D eigenvalue weighted by Gasteiger charge is 2.59. The maximum atomic E-state index is 11.3. The SMILES string of the molecule is CCOC1OC(CCC(C)=O)C2(C)CCC(C(C)C)C12. The fourth-order valence-corrected chi connectivity index (χ4v) is 4.39. The van der Waals surface area contributed by atoms with Crippen LogP contribution in [0.5, 0.6) is 0 Å². The highest BCUT2D eigenvalue weighted by molar-refractivity contribution is 5.75. The zero-order chi connectivity index (χ0) is 14.9. The van der Waals surface area contributed by atoms with E-state index >= 15 is 0 Å². The minimum atomic E-state index is -0.0724. The maximum Gasteiger partial charge on any atom is 0.161 e. The van der Waals surface area contributed by atoms with E-state index in [2.05, 4.69) is 20.8 Å². The number of carbonyl (C=O) groups is 1. The van der Waals surface area contributed by atoms with E-state index in [1.165, 1.54) is 12.8 Å². The van der Waals surface area contributed by atoms with E-state index in [-0.39, 0.29) is 23.6 Å². The molecule has 1 saturated carbocycles. The van der Waals surface area contributed by atoms with E-state index in [4.69, 9.17) is 9.47 Å². The molecule has 0 aromatic heterocycles. The summed E-state index contributed by atoms with van der Waals surface area (Å²) in [6, 6.07) is 0. The van der Waals surface area contributed by atoms with Crippen molar-refractivity contribution in [2.45, 2.75) is 72.7 Å². The number of hydrogen-bond acceptors (Lipinski definition) is 3. The number of Topliss-reactive ketones (excluding diaryl/α,β-unsaturated/α-hetero) is 1. The summed E-state index contributed by atoms with van der Waals surface area (Å²) < 4.78 is 12.1. The number of fused-ring (bicyclic) bond motifs is 1. The number of ketones is 1. The average Bonchev–Trinajstić information content (AvgIpc) is 2.82. The summed E-state index contributed by atoms with van der Waals surface area (Å²) in [5, 5.41) is 0. The molecule has 3 heteroatoms. The van der Waals surface area contributed by atoms with Crippen molar-refractivity contribution in [1.82, 2.24) is 0 Å².